The molecule has 8 heteroatoms. The van der Waals surface area contributed by atoms with Gasteiger partial charge >= 0.3 is 6.03 Å². The monoisotopic (exact) mass is 451 g/mol. The van der Waals surface area contributed by atoms with Gasteiger partial charge in [-0.05, 0) is 54.4 Å². The molecule has 3 aromatic rings. The Morgan fingerprint density at radius 2 is 1.91 bits per heavy atom. The van der Waals surface area contributed by atoms with E-state index in [1.807, 2.05) is 43.3 Å². The van der Waals surface area contributed by atoms with Crippen molar-refractivity contribution >= 4 is 40.8 Å². The van der Waals surface area contributed by atoms with Gasteiger partial charge in [-0.3, -0.25) is 9.69 Å². The SMILES string of the molecule is COc1ccc(C)cc1N1C(=O)CSC1c1cccc(NC(=O)Nc2ccccc2F)c1. The summed E-state index contributed by atoms with van der Waals surface area (Å²) in [6.07, 6.45) is 0. The zero-order valence-corrected chi connectivity index (χ0v) is 18.4. The number of hydrogen-bond acceptors (Lipinski definition) is 4. The lowest BCUT2D eigenvalue weighted by Gasteiger charge is -2.26. The van der Waals surface area contributed by atoms with Crippen molar-refractivity contribution in [2.24, 2.45) is 0 Å². The van der Waals surface area contributed by atoms with Crippen LogP contribution in [-0.2, 0) is 4.79 Å². The van der Waals surface area contributed by atoms with Crippen molar-refractivity contribution in [1.82, 2.24) is 0 Å². The number of thioether (sulfide) groups is 1. The van der Waals surface area contributed by atoms with E-state index >= 15 is 0 Å². The minimum Gasteiger partial charge on any atom is -0.495 e. The van der Waals surface area contributed by atoms with Crippen molar-refractivity contribution in [1.29, 1.82) is 0 Å². The molecule has 0 saturated carbocycles. The summed E-state index contributed by atoms with van der Waals surface area (Å²) in [5.41, 5.74) is 3.21. The average Bonchev–Trinajstić information content (AvgIpc) is 3.16. The van der Waals surface area contributed by atoms with Crippen LogP contribution in [0.15, 0.2) is 66.7 Å². The van der Waals surface area contributed by atoms with E-state index in [4.69, 9.17) is 4.74 Å². The van der Waals surface area contributed by atoms with Crippen LogP contribution in [0.4, 0.5) is 26.2 Å². The molecule has 3 aromatic carbocycles. The Morgan fingerprint density at radius 3 is 2.69 bits per heavy atom. The molecule has 0 spiro atoms. The first-order valence-corrected chi connectivity index (χ1v) is 11.0. The largest absolute Gasteiger partial charge is 0.495 e. The number of ether oxygens (including phenoxy) is 1. The topological polar surface area (TPSA) is 70.7 Å². The number of methoxy groups -OCH3 is 1. The fraction of sp³-hybridized carbons (Fsp3) is 0.167. The maximum absolute atomic E-state index is 13.8. The second kappa shape index (κ2) is 9.32. The molecular formula is C24H22FN3O3S. The third kappa shape index (κ3) is 4.55. The zero-order chi connectivity index (χ0) is 22.7. The predicted molar refractivity (Wildman–Crippen MR) is 126 cm³/mol. The van der Waals surface area contributed by atoms with Crippen molar-refractivity contribution in [3.05, 3.63) is 83.7 Å². The number of amides is 3. The van der Waals surface area contributed by atoms with Crippen molar-refractivity contribution < 1.29 is 18.7 Å². The molecule has 1 fully saturated rings. The minimum absolute atomic E-state index is 0.0143. The summed E-state index contributed by atoms with van der Waals surface area (Å²) in [6, 6.07) is 18.4. The van der Waals surface area contributed by atoms with E-state index in [1.165, 1.54) is 23.9 Å². The molecular weight excluding hydrogens is 429 g/mol. The van der Waals surface area contributed by atoms with Crippen molar-refractivity contribution in [2.45, 2.75) is 12.3 Å². The molecule has 32 heavy (non-hydrogen) atoms. The smallest absolute Gasteiger partial charge is 0.323 e. The number of urea groups is 1. The summed E-state index contributed by atoms with van der Waals surface area (Å²) in [5, 5.41) is 4.96. The highest BCUT2D eigenvalue weighted by Crippen LogP contribution is 2.45. The number of benzene rings is 3. The van der Waals surface area contributed by atoms with Crippen LogP contribution in [-0.4, -0.2) is 24.8 Å². The third-order valence-corrected chi connectivity index (χ3v) is 6.23. The highest BCUT2D eigenvalue weighted by Gasteiger charge is 2.35. The maximum Gasteiger partial charge on any atom is 0.323 e. The van der Waals surface area contributed by atoms with Crippen LogP contribution in [0.1, 0.15) is 16.5 Å². The van der Waals surface area contributed by atoms with Gasteiger partial charge in [0.15, 0.2) is 0 Å². The average molecular weight is 452 g/mol. The molecule has 0 radical (unpaired) electrons. The Kier molecular flexibility index (Phi) is 6.32. The van der Waals surface area contributed by atoms with Crippen molar-refractivity contribution in [3.8, 4) is 5.75 Å². The molecule has 1 aliphatic heterocycles. The van der Waals surface area contributed by atoms with Crippen molar-refractivity contribution in [2.75, 3.05) is 28.4 Å². The summed E-state index contributed by atoms with van der Waals surface area (Å²) in [4.78, 5) is 26.9. The van der Waals surface area contributed by atoms with Crippen LogP contribution < -0.4 is 20.3 Å². The van der Waals surface area contributed by atoms with Gasteiger partial charge in [0, 0.05) is 5.69 Å². The van der Waals surface area contributed by atoms with Crippen LogP contribution in [0.2, 0.25) is 0 Å². The summed E-state index contributed by atoms with van der Waals surface area (Å²) < 4.78 is 19.3. The lowest BCUT2D eigenvalue weighted by Crippen LogP contribution is -2.28. The normalized spacial score (nSPS) is 15.5. The molecule has 1 heterocycles. The quantitative estimate of drug-likeness (QED) is 0.532. The molecule has 1 atom stereocenters. The van der Waals surface area contributed by atoms with E-state index in [0.29, 0.717) is 22.9 Å². The number of nitrogens with one attached hydrogen (secondary N) is 2. The van der Waals surface area contributed by atoms with E-state index in [0.717, 1.165) is 11.1 Å². The predicted octanol–water partition coefficient (Wildman–Crippen LogP) is 5.57. The number of halogens is 1. The van der Waals surface area contributed by atoms with Gasteiger partial charge in [-0.1, -0.05) is 30.3 Å². The van der Waals surface area contributed by atoms with E-state index in [9.17, 15) is 14.0 Å². The van der Waals surface area contributed by atoms with Gasteiger partial charge in [0.2, 0.25) is 5.91 Å². The molecule has 4 rings (SSSR count). The zero-order valence-electron chi connectivity index (χ0n) is 17.6. The molecule has 1 unspecified atom stereocenters. The molecule has 0 bridgehead atoms. The second-order valence-electron chi connectivity index (χ2n) is 7.29. The van der Waals surface area contributed by atoms with E-state index in [2.05, 4.69) is 10.6 Å². The van der Waals surface area contributed by atoms with Gasteiger partial charge in [-0.15, -0.1) is 11.8 Å². The first-order valence-electron chi connectivity index (χ1n) is 9.97. The maximum atomic E-state index is 13.8. The number of hydrogen-bond donors (Lipinski definition) is 2. The van der Waals surface area contributed by atoms with Gasteiger partial charge in [0.05, 0.1) is 24.2 Å². The van der Waals surface area contributed by atoms with Gasteiger partial charge in [-0.2, -0.15) is 0 Å². The Hall–Kier alpha value is -3.52. The summed E-state index contributed by atoms with van der Waals surface area (Å²) in [6.45, 7) is 1.96. The van der Waals surface area contributed by atoms with E-state index in [1.54, 1.807) is 30.2 Å². The second-order valence-corrected chi connectivity index (χ2v) is 8.36. The summed E-state index contributed by atoms with van der Waals surface area (Å²) in [7, 11) is 1.58. The first kappa shape index (κ1) is 21.7. The molecule has 0 aromatic heterocycles. The van der Waals surface area contributed by atoms with Gasteiger partial charge in [0.25, 0.3) is 0 Å². The number of anilines is 3. The number of aryl methyl sites for hydroxylation is 1. The van der Waals surface area contributed by atoms with Crippen LogP contribution >= 0.6 is 11.8 Å². The van der Waals surface area contributed by atoms with E-state index in [-0.39, 0.29) is 17.0 Å². The minimum atomic E-state index is -0.556. The number of rotatable bonds is 5. The lowest BCUT2D eigenvalue weighted by molar-refractivity contribution is -0.115. The Labute approximate surface area is 189 Å². The lowest BCUT2D eigenvalue weighted by atomic mass is 10.1. The molecule has 6 nitrogen and oxygen atoms in total. The molecule has 3 amide bonds. The van der Waals surface area contributed by atoms with E-state index < -0.39 is 11.8 Å². The summed E-state index contributed by atoms with van der Waals surface area (Å²) >= 11 is 1.51. The highest BCUT2D eigenvalue weighted by atomic mass is 32.2. The number of carbonyl (C=O) groups excluding carboxylic acids is 2. The number of carbonyl (C=O) groups is 2. The fourth-order valence-corrected chi connectivity index (χ4v) is 4.70. The van der Waals surface area contributed by atoms with Crippen LogP contribution in [0, 0.1) is 12.7 Å². The first-order chi connectivity index (χ1) is 15.5. The molecule has 1 aliphatic rings. The molecule has 0 aliphatic carbocycles. The third-order valence-electron chi connectivity index (χ3n) is 5.01. The van der Waals surface area contributed by atoms with Gasteiger partial charge in [0.1, 0.15) is 16.9 Å². The molecule has 164 valence electrons. The Balaban J connectivity index is 1.57. The number of para-hydroxylation sites is 1. The van der Waals surface area contributed by atoms with Gasteiger partial charge in [-0.25, -0.2) is 9.18 Å². The van der Waals surface area contributed by atoms with Crippen LogP contribution in [0.3, 0.4) is 0 Å². The Morgan fingerprint density at radius 1 is 1.09 bits per heavy atom. The molecule has 1 saturated heterocycles. The summed E-state index contributed by atoms with van der Waals surface area (Å²) in [5.74, 6) is 0.433. The van der Waals surface area contributed by atoms with Crippen LogP contribution in [0.5, 0.6) is 5.75 Å². The highest BCUT2D eigenvalue weighted by molar-refractivity contribution is 8.00. The fourth-order valence-electron chi connectivity index (χ4n) is 3.54. The standard InChI is InChI=1S/C24H22FN3O3S/c1-15-10-11-21(31-2)20(12-15)28-22(29)14-32-23(28)16-6-5-7-17(13-16)26-24(30)27-19-9-4-3-8-18(19)25/h3-13,23H,14H2,1-2H3,(H2,26,27,30). The number of nitrogens with zero attached hydrogens (tertiary/aromatic N) is 1. The van der Waals surface area contributed by atoms with Gasteiger partial charge < -0.3 is 15.4 Å². The van der Waals surface area contributed by atoms with Crippen molar-refractivity contribution in [3.63, 3.8) is 0 Å². The molecule has 2 N–H and O–H groups in total. The van der Waals surface area contributed by atoms with Crippen LogP contribution in [0.25, 0.3) is 0 Å². The Bertz CT molecular complexity index is 1170.